The zero-order chi connectivity index (χ0) is 99.8. The van der Waals surface area contributed by atoms with Gasteiger partial charge in [-0.15, -0.1) is 5.10 Å². The SMILES string of the molecule is N=C(N)c1ccc(-c2ccc(-c3ccc(C(=N)N)cc3)o2)cc1.N=C(N)c1ccc(-c2ccc(C(=N)N)cc2)cc1.N=C(N)c1ccc(C#Cc2ccc(C(=N)N)cc2)cc1.N=C(N)c1ccc(OCCCCCOc2ccc(C(=N)N)cc2)cc1.N=C(N)c1cccc(/C=N/N=C(N)N/N=C/c2cccc(C(=N)N)c2)c1.c1cc(-c2ccc(-c3ccc(C4=NCCN4)cc3)nc2)ccc1C1=NCCN1. The Morgan fingerprint density at radius 2 is 0.636 bits per heavy atom. The van der Waals surface area contributed by atoms with E-state index in [9.17, 15) is 0 Å². The molecule has 33 nitrogen and oxygen atoms in total. The second-order valence-electron chi connectivity index (χ2n) is 31.1. The van der Waals surface area contributed by atoms with Crippen molar-refractivity contribution in [1.82, 2.24) is 21.0 Å². The van der Waals surface area contributed by atoms with Gasteiger partial charge in [-0.2, -0.15) is 10.2 Å². The molecule has 2 aliphatic rings. The standard InChI is InChI=1S/C23H21N5.C19H24N4O2.C18H16N4O.C17H19N9.C16H14N4.C14H14N4/c1-5-18(22-24-11-12-25-22)6-2-16(1)20-9-10-21(28-15-20)17-3-7-19(8-4-17)23-26-13-14-27-23;20-18(21)14-4-8-16(9-5-14)24-12-2-1-3-13-25-17-10-6-15(7-11-17)19(22)23;19-17(20)13-5-1-11(2-6-13)15-9-10-16(23-15)12-3-7-14(8-4-12)18(21)22;18-15(19)13-5-1-3-11(7-13)9-23-25-17(22)26-24-10-12-4-2-6-14(8-12)16(20)21;17-15(18)13-7-3-11(4-8-13)1-2-12-5-9-14(10-6-12)16(19)20;15-13(16)11-5-1-9(2-6-11)10-3-7-12(8-4-10)14(17)18/h1-10,15H,11-14H2,(H,24,25)(H,26,27);4-11H,1-3,12-13H2,(H3,20,21)(H3,22,23);1-10H,(H3,19,20)(H3,21,22);1-10H,(H3,18,19)(H3,20,21)(H3,22,25,26);3-10H,(H3,17,18)(H3,19,20);1-8H,(H3,15,16)(H3,17,18)/b;;;23-9+,24-10+;;. The average molecular weight is 1860 g/mol. The van der Waals surface area contributed by atoms with Gasteiger partial charge in [0.2, 0.25) is 5.96 Å². The average Bonchev–Trinajstić information content (AvgIpc) is 1.78. The molecule has 16 rings (SSSR count). The van der Waals surface area contributed by atoms with Crippen LogP contribution in [0.1, 0.15) is 108 Å². The first-order chi connectivity index (χ1) is 67.6. The summed E-state index contributed by atoms with van der Waals surface area (Å²) in [6, 6.07) is 97.3. The number of furan rings is 1. The number of aliphatic imine (C=N–C) groups is 2. The highest BCUT2D eigenvalue weighted by atomic mass is 16.5. The van der Waals surface area contributed by atoms with Crippen molar-refractivity contribution in [1.29, 1.82) is 54.1 Å². The number of benzene rings is 12. The molecule has 0 bridgehead atoms. The van der Waals surface area contributed by atoms with Gasteiger partial charge in [-0.1, -0.05) is 224 Å². The van der Waals surface area contributed by atoms with Crippen molar-refractivity contribution >= 4 is 88.4 Å². The molecule has 4 heterocycles. The molecular weight excluding hydrogens is 1750 g/mol. The number of nitrogens with zero attached hydrogens (tertiary/aromatic N) is 6. The van der Waals surface area contributed by atoms with Crippen LogP contribution >= 0.6 is 0 Å². The zero-order valence-corrected chi connectivity index (χ0v) is 76.4. The summed E-state index contributed by atoms with van der Waals surface area (Å²) >= 11 is 0. The van der Waals surface area contributed by atoms with Crippen LogP contribution in [0.3, 0.4) is 0 Å². The Morgan fingerprint density at radius 1 is 0.329 bits per heavy atom. The van der Waals surface area contributed by atoms with Gasteiger partial charge in [-0.25, -0.2) is 5.43 Å². The number of pyridine rings is 1. The van der Waals surface area contributed by atoms with Crippen LogP contribution in [0.15, 0.2) is 351 Å². The zero-order valence-electron chi connectivity index (χ0n) is 76.4. The van der Waals surface area contributed by atoms with Gasteiger partial charge in [0.05, 0.1) is 44.4 Å². The van der Waals surface area contributed by atoms with E-state index in [-0.39, 0.29) is 64.3 Å². The van der Waals surface area contributed by atoms with Gasteiger partial charge in [-0.05, 0) is 150 Å². The van der Waals surface area contributed by atoms with Crippen molar-refractivity contribution in [3.05, 3.63) is 411 Å². The monoisotopic (exact) mass is 1860 g/mol. The van der Waals surface area contributed by atoms with E-state index in [2.05, 4.69) is 119 Å². The lowest BCUT2D eigenvalue weighted by Gasteiger charge is -2.08. The van der Waals surface area contributed by atoms with Crippen molar-refractivity contribution in [3.63, 3.8) is 0 Å². The number of ether oxygens (including phenoxy) is 2. The molecule has 140 heavy (non-hydrogen) atoms. The molecule has 14 aromatic rings. The summed E-state index contributed by atoms with van der Waals surface area (Å²) in [4.78, 5) is 13.6. The minimum Gasteiger partial charge on any atom is -0.494 e. The smallest absolute Gasteiger partial charge is 0.234 e. The highest BCUT2D eigenvalue weighted by molar-refractivity contribution is 6.03. The van der Waals surface area contributed by atoms with Crippen molar-refractivity contribution < 1.29 is 13.9 Å². The van der Waals surface area contributed by atoms with Crippen LogP contribution in [0.5, 0.6) is 11.5 Å². The topological polar surface area (TPSA) is 667 Å². The highest BCUT2D eigenvalue weighted by Crippen LogP contribution is 2.31. The molecule has 704 valence electrons. The van der Waals surface area contributed by atoms with Crippen LogP contribution in [-0.2, 0) is 0 Å². The molecular formula is C107H108N30O3. The van der Waals surface area contributed by atoms with Gasteiger partial charge in [0.25, 0.3) is 0 Å². The second-order valence-corrected chi connectivity index (χ2v) is 31.1. The molecule has 35 N–H and O–H groups in total. The Hall–Kier alpha value is -19.5. The predicted octanol–water partition coefficient (Wildman–Crippen LogP) is 13.3. The van der Waals surface area contributed by atoms with E-state index in [1.165, 1.54) is 12.4 Å². The molecule has 0 fully saturated rings. The number of rotatable bonds is 29. The van der Waals surface area contributed by atoms with Gasteiger partial charge in [-0.3, -0.25) is 69.1 Å². The Morgan fingerprint density at radius 3 is 0.971 bits per heavy atom. The number of amidine groups is 12. The van der Waals surface area contributed by atoms with E-state index in [0.717, 1.165) is 158 Å². The number of nitrogens with one attached hydrogen (secondary N) is 13. The molecule has 0 amide bonds. The number of nitrogens with two attached hydrogens (primary N) is 11. The molecule has 2 aromatic heterocycles. The molecule has 33 heteroatoms. The van der Waals surface area contributed by atoms with Crippen LogP contribution in [0.2, 0.25) is 0 Å². The summed E-state index contributed by atoms with van der Waals surface area (Å²) in [6.45, 7) is 4.85. The largest absolute Gasteiger partial charge is 0.494 e. The Kier molecular flexibility index (Phi) is 36.7. The van der Waals surface area contributed by atoms with Crippen LogP contribution in [0, 0.1) is 65.9 Å². The van der Waals surface area contributed by atoms with Crippen LogP contribution in [0.25, 0.3) is 56.2 Å². The number of aromatic nitrogens is 1. The van der Waals surface area contributed by atoms with Crippen molar-refractivity contribution in [2.45, 2.75) is 19.3 Å². The van der Waals surface area contributed by atoms with Gasteiger partial charge in [0, 0.05) is 119 Å². The first kappa shape index (κ1) is 101. The maximum absolute atomic E-state index is 7.40. The van der Waals surface area contributed by atoms with E-state index in [0.29, 0.717) is 68.8 Å². The van der Waals surface area contributed by atoms with E-state index in [1.54, 1.807) is 115 Å². The van der Waals surface area contributed by atoms with Crippen LogP contribution < -0.4 is 88.6 Å². The molecule has 0 saturated carbocycles. The third kappa shape index (κ3) is 31.3. The molecule has 12 aromatic carbocycles. The second kappa shape index (κ2) is 50.9. The molecule has 0 saturated heterocycles. The number of guanidine groups is 1. The van der Waals surface area contributed by atoms with Crippen LogP contribution in [-0.4, -0.2) is 133 Å². The first-order valence-corrected chi connectivity index (χ1v) is 43.8. The molecule has 0 atom stereocenters. The summed E-state index contributed by atoms with van der Waals surface area (Å²) in [7, 11) is 0. The van der Waals surface area contributed by atoms with E-state index in [4.69, 9.17) is 131 Å². The maximum Gasteiger partial charge on any atom is 0.234 e. The number of hydrazone groups is 1. The minimum atomic E-state index is -0.0203. The van der Waals surface area contributed by atoms with Gasteiger partial charge in [0.15, 0.2) is 0 Å². The Balaban J connectivity index is 0.000000162. The van der Waals surface area contributed by atoms with Gasteiger partial charge < -0.3 is 87.6 Å². The molecule has 0 spiro atoms. The molecule has 0 aliphatic carbocycles. The van der Waals surface area contributed by atoms with E-state index >= 15 is 0 Å². The quantitative estimate of drug-likeness (QED) is 0.00680. The third-order valence-electron chi connectivity index (χ3n) is 20.9. The summed E-state index contributed by atoms with van der Waals surface area (Å²) in [5, 5.41) is 91.7. The van der Waals surface area contributed by atoms with Gasteiger partial charge in [0.1, 0.15) is 93.0 Å². The van der Waals surface area contributed by atoms with Crippen molar-refractivity contribution in [2.75, 3.05) is 39.4 Å². The fourth-order valence-electron chi connectivity index (χ4n) is 13.3. The van der Waals surface area contributed by atoms with Crippen LogP contribution in [0.4, 0.5) is 0 Å². The lowest BCUT2D eigenvalue weighted by atomic mass is 10.0. The third-order valence-corrected chi connectivity index (χ3v) is 20.9. The summed E-state index contributed by atoms with van der Waals surface area (Å²) in [5.41, 5.74) is 82.8. The van der Waals surface area contributed by atoms with Gasteiger partial charge >= 0.3 is 0 Å². The lowest BCUT2D eigenvalue weighted by Crippen LogP contribution is -2.26. The summed E-state index contributed by atoms with van der Waals surface area (Å²) in [5.74, 6) is 11.5. The normalized spacial score (nSPS) is 11.5. The number of hydrogen-bond acceptors (Lipinski definition) is 21. The lowest BCUT2D eigenvalue weighted by molar-refractivity contribution is 0.279. The van der Waals surface area contributed by atoms with E-state index < -0.39 is 0 Å². The number of unbranched alkanes of at least 4 members (excludes halogenated alkanes) is 2. The first-order valence-electron chi connectivity index (χ1n) is 43.8. The van der Waals surface area contributed by atoms with E-state index in [1.807, 2.05) is 146 Å². The number of nitrogen functional groups attached to an aromatic ring is 10. The van der Waals surface area contributed by atoms with Crippen molar-refractivity contribution in [2.24, 2.45) is 88.4 Å². The molecule has 2 aliphatic heterocycles. The highest BCUT2D eigenvalue weighted by Gasteiger charge is 2.15. The van der Waals surface area contributed by atoms with Crippen molar-refractivity contribution in [3.8, 4) is 79.5 Å². The summed E-state index contributed by atoms with van der Waals surface area (Å²) in [6.07, 6.45) is 7.85. The fraction of sp³-hybridized carbons (Fsp3) is 0.0841. The maximum atomic E-state index is 7.40. The number of hydrogen-bond donors (Lipinski definition) is 24. The Labute approximate surface area is 810 Å². The predicted molar refractivity (Wildman–Crippen MR) is 565 cm³/mol. The summed E-state index contributed by atoms with van der Waals surface area (Å²) < 4.78 is 17.2. The molecule has 0 unspecified atom stereocenters. The fourth-order valence-corrected chi connectivity index (χ4v) is 13.3. The Bertz CT molecular complexity index is 6590. The molecule has 0 radical (unpaired) electrons. The minimum absolute atomic E-state index is 0.00273.